The first-order chi connectivity index (χ1) is 13.5. The summed E-state index contributed by atoms with van der Waals surface area (Å²) in [5, 5.41) is 2.43. The quantitative estimate of drug-likeness (QED) is 0.518. The van der Waals surface area contributed by atoms with Crippen LogP contribution in [0.25, 0.3) is 0 Å². The molecule has 1 amide bonds. The predicted octanol–water partition coefficient (Wildman–Crippen LogP) is 1.87. The molecule has 0 heterocycles. The van der Waals surface area contributed by atoms with Crippen LogP contribution in [-0.2, 0) is 9.53 Å². The van der Waals surface area contributed by atoms with Crippen molar-refractivity contribution >= 4 is 17.7 Å². The molecule has 0 spiro atoms. The smallest absolute Gasteiger partial charge is 0.325 e. The molecule has 8 nitrogen and oxygen atoms in total. The SMILES string of the molecule is COc1ccc(OC)c(C(=O)COC(=O)CNC(=O)c2ccccc2OC)c1. The molecule has 2 aromatic carbocycles. The number of rotatable bonds is 9. The Morgan fingerprint density at radius 1 is 0.857 bits per heavy atom. The summed E-state index contributed by atoms with van der Waals surface area (Å²) in [6.45, 7) is -0.883. The van der Waals surface area contributed by atoms with E-state index in [2.05, 4.69) is 5.32 Å². The van der Waals surface area contributed by atoms with Gasteiger partial charge in [-0.2, -0.15) is 0 Å². The van der Waals surface area contributed by atoms with E-state index in [0.717, 1.165) is 0 Å². The van der Waals surface area contributed by atoms with Crippen LogP contribution in [-0.4, -0.2) is 52.1 Å². The maximum absolute atomic E-state index is 12.3. The van der Waals surface area contributed by atoms with Crippen molar-refractivity contribution in [3.8, 4) is 17.2 Å². The Labute approximate surface area is 162 Å². The van der Waals surface area contributed by atoms with E-state index in [0.29, 0.717) is 17.2 Å². The highest BCUT2D eigenvalue weighted by Gasteiger charge is 2.17. The van der Waals surface area contributed by atoms with E-state index < -0.39 is 24.3 Å². The highest BCUT2D eigenvalue weighted by molar-refractivity contribution is 6.01. The van der Waals surface area contributed by atoms with E-state index in [4.69, 9.17) is 18.9 Å². The number of methoxy groups -OCH3 is 3. The Bertz CT molecular complexity index is 863. The summed E-state index contributed by atoms with van der Waals surface area (Å²) in [6.07, 6.45) is 0. The lowest BCUT2D eigenvalue weighted by Gasteiger charge is -2.11. The molecule has 0 atom stereocenters. The van der Waals surface area contributed by atoms with Gasteiger partial charge in [-0.1, -0.05) is 12.1 Å². The molecule has 8 heteroatoms. The fraction of sp³-hybridized carbons (Fsp3) is 0.250. The zero-order chi connectivity index (χ0) is 20.5. The Morgan fingerprint density at radius 3 is 2.21 bits per heavy atom. The molecule has 2 aromatic rings. The maximum atomic E-state index is 12.3. The fourth-order valence-electron chi connectivity index (χ4n) is 2.39. The topological polar surface area (TPSA) is 100 Å². The number of ketones is 1. The Hall–Kier alpha value is -3.55. The third-order valence-electron chi connectivity index (χ3n) is 3.82. The van der Waals surface area contributed by atoms with Crippen LogP contribution in [0, 0.1) is 0 Å². The minimum atomic E-state index is -0.751. The third kappa shape index (κ3) is 5.23. The van der Waals surface area contributed by atoms with Gasteiger partial charge in [-0.3, -0.25) is 14.4 Å². The Kier molecular flexibility index (Phi) is 7.38. The van der Waals surface area contributed by atoms with Gasteiger partial charge in [-0.25, -0.2) is 0 Å². The van der Waals surface area contributed by atoms with Crippen LogP contribution in [0.5, 0.6) is 17.2 Å². The number of ether oxygens (including phenoxy) is 4. The normalized spacial score (nSPS) is 9.96. The fourth-order valence-corrected chi connectivity index (χ4v) is 2.39. The van der Waals surface area contributed by atoms with E-state index in [-0.39, 0.29) is 17.7 Å². The molecule has 0 bridgehead atoms. The van der Waals surface area contributed by atoms with Crippen LogP contribution in [0.3, 0.4) is 0 Å². The molecule has 0 radical (unpaired) electrons. The van der Waals surface area contributed by atoms with Gasteiger partial charge in [0.25, 0.3) is 5.91 Å². The molecule has 0 unspecified atom stereocenters. The van der Waals surface area contributed by atoms with Crippen molar-refractivity contribution in [1.82, 2.24) is 5.32 Å². The van der Waals surface area contributed by atoms with Gasteiger partial charge < -0.3 is 24.3 Å². The van der Waals surface area contributed by atoms with Crippen molar-refractivity contribution in [3.05, 3.63) is 53.6 Å². The zero-order valence-corrected chi connectivity index (χ0v) is 15.8. The molecule has 148 valence electrons. The number of carbonyl (C=O) groups excluding carboxylic acids is 3. The molecule has 2 rings (SSSR count). The van der Waals surface area contributed by atoms with Crippen molar-refractivity contribution < 1.29 is 33.3 Å². The van der Waals surface area contributed by atoms with Crippen LogP contribution in [0.2, 0.25) is 0 Å². The largest absolute Gasteiger partial charge is 0.497 e. The number of benzene rings is 2. The second-order valence-electron chi connectivity index (χ2n) is 5.53. The molecule has 28 heavy (non-hydrogen) atoms. The van der Waals surface area contributed by atoms with Gasteiger partial charge in [0.2, 0.25) is 5.78 Å². The van der Waals surface area contributed by atoms with Crippen molar-refractivity contribution in [2.45, 2.75) is 0 Å². The number of hydrogen-bond acceptors (Lipinski definition) is 7. The average Bonchev–Trinajstić information content (AvgIpc) is 2.75. The first-order valence-corrected chi connectivity index (χ1v) is 8.32. The van der Waals surface area contributed by atoms with E-state index in [9.17, 15) is 14.4 Å². The highest BCUT2D eigenvalue weighted by Crippen LogP contribution is 2.24. The predicted molar refractivity (Wildman–Crippen MR) is 100 cm³/mol. The molecule has 1 N–H and O–H groups in total. The number of Topliss-reactive ketones (excluding diaryl/α,β-unsaturated/α-hetero) is 1. The number of amides is 1. The van der Waals surface area contributed by atoms with Crippen molar-refractivity contribution in [2.24, 2.45) is 0 Å². The van der Waals surface area contributed by atoms with Crippen molar-refractivity contribution in [1.29, 1.82) is 0 Å². The molecule has 0 aliphatic carbocycles. The average molecular weight is 387 g/mol. The molecule has 0 saturated carbocycles. The summed E-state index contributed by atoms with van der Waals surface area (Å²) >= 11 is 0. The minimum absolute atomic E-state index is 0.229. The van der Waals surface area contributed by atoms with Crippen LogP contribution in [0.1, 0.15) is 20.7 Å². The van der Waals surface area contributed by atoms with E-state index >= 15 is 0 Å². The summed E-state index contributed by atoms with van der Waals surface area (Å²) in [7, 11) is 4.34. The number of esters is 1. The van der Waals surface area contributed by atoms with Gasteiger partial charge in [0.15, 0.2) is 6.61 Å². The zero-order valence-electron chi connectivity index (χ0n) is 15.8. The lowest BCUT2D eigenvalue weighted by molar-refractivity contribution is -0.141. The molecule has 0 aliphatic rings. The first kappa shape index (κ1) is 20.8. The van der Waals surface area contributed by atoms with Gasteiger partial charge >= 0.3 is 5.97 Å². The summed E-state index contributed by atoms with van der Waals surface area (Å²) in [5.74, 6) is -0.506. The second kappa shape index (κ2) is 9.96. The number of hydrogen-bond donors (Lipinski definition) is 1. The summed E-state index contributed by atoms with van der Waals surface area (Å²) in [4.78, 5) is 36.3. The number of para-hydroxylation sites is 1. The van der Waals surface area contributed by atoms with Crippen LogP contribution in [0.15, 0.2) is 42.5 Å². The van der Waals surface area contributed by atoms with Crippen LogP contribution in [0.4, 0.5) is 0 Å². The van der Waals surface area contributed by atoms with E-state index in [1.165, 1.54) is 27.4 Å². The lowest BCUT2D eigenvalue weighted by Crippen LogP contribution is -2.31. The molecule has 0 fully saturated rings. The highest BCUT2D eigenvalue weighted by atomic mass is 16.5. The Morgan fingerprint density at radius 2 is 1.54 bits per heavy atom. The number of carbonyl (C=O) groups is 3. The Balaban J connectivity index is 1.90. The molecule has 0 aromatic heterocycles. The molecular formula is C20H21NO7. The van der Waals surface area contributed by atoms with Gasteiger partial charge in [0, 0.05) is 0 Å². The molecule has 0 aliphatic heterocycles. The van der Waals surface area contributed by atoms with Crippen LogP contribution < -0.4 is 19.5 Å². The van der Waals surface area contributed by atoms with E-state index in [1.807, 2.05) is 0 Å². The summed E-state index contributed by atoms with van der Waals surface area (Å²) in [6, 6.07) is 11.3. The number of nitrogens with one attached hydrogen (secondary N) is 1. The van der Waals surface area contributed by atoms with Crippen molar-refractivity contribution in [3.63, 3.8) is 0 Å². The third-order valence-corrected chi connectivity index (χ3v) is 3.82. The minimum Gasteiger partial charge on any atom is -0.497 e. The van der Waals surface area contributed by atoms with Gasteiger partial charge in [-0.05, 0) is 30.3 Å². The molecule has 0 saturated heterocycles. The van der Waals surface area contributed by atoms with E-state index in [1.54, 1.807) is 36.4 Å². The van der Waals surface area contributed by atoms with Crippen LogP contribution >= 0.6 is 0 Å². The lowest BCUT2D eigenvalue weighted by atomic mass is 10.1. The second-order valence-corrected chi connectivity index (χ2v) is 5.53. The first-order valence-electron chi connectivity index (χ1n) is 8.32. The molecular weight excluding hydrogens is 366 g/mol. The maximum Gasteiger partial charge on any atom is 0.325 e. The monoisotopic (exact) mass is 387 g/mol. The van der Waals surface area contributed by atoms with Crippen molar-refractivity contribution in [2.75, 3.05) is 34.5 Å². The summed E-state index contributed by atoms with van der Waals surface area (Å²) in [5.41, 5.74) is 0.516. The van der Waals surface area contributed by atoms with Gasteiger partial charge in [0.05, 0.1) is 32.5 Å². The van der Waals surface area contributed by atoms with Gasteiger partial charge in [-0.15, -0.1) is 0 Å². The van der Waals surface area contributed by atoms with Gasteiger partial charge in [0.1, 0.15) is 23.8 Å². The standard InChI is InChI=1S/C20H21NO7/c1-25-13-8-9-18(27-3)15(10-13)16(22)12-28-19(23)11-21-20(24)14-6-4-5-7-17(14)26-2/h4-10H,11-12H2,1-3H3,(H,21,24). The summed E-state index contributed by atoms with van der Waals surface area (Å²) < 4.78 is 20.3.